The van der Waals surface area contributed by atoms with Crippen LogP contribution in [0.25, 0.3) is 22.2 Å². The van der Waals surface area contributed by atoms with Gasteiger partial charge in [0, 0.05) is 42.6 Å². The summed E-state index contributed by atoms with van der Waals surface area (Å²) >= 11 is 0. The Labute approximate surface area is 238 Å². The van der Waals surface area contributed by atoms with E-state index in [2.05, 4.69) is 38.3 Å². The molecule has 2 bridgehead atoms. The maximum absolute atomic E-state index is 13.2. The van der Waals surface area contributed by atoms with Crippen LogP contribution in [0.4, 0.5) is 0 Å². The molecule has 2 heterocycles. The van der Waals surface area contributed by atoms with Gasteiger partial charge in [0.1, 0.15) is 5.75 Å². The standard InChI is InChI=1S/C31H42N4O4S/c1-33-16-7-21-40(37,38)32-31(36)25-12-15-27-28(22-25)35(20-19-34(2)18-17-33)30(24-10-13-26(39-3)14-11-24)29(27)23-8-5-4-6-9-23/h10-15,22-23H,4-9,16-21H2,1-3H3,(H,32,36). The van der Waals surface area contributed by atoms with E-state index in [1.54, 1.807) is 13.2 Å². The third-order valence-electron chi connectivity index (χ3n) is 8.51. The second kappa shape index (κ2) is 12.3. The van der Waals surface area contributed by atoms with Crippen molar-refractivity contribution in [1.82, 2.24) is 19.1 Å². The first-order valence-electron chi connectivity index (χ1n) is 14.5. The van der Waals surface area contributed by atoms with Crippen molar-refractivity contribution < 1.29 is 17.9 Å². The Kier molecular flexibility index (Phi) is 8.83. The average Bonchev–Trinajstić information content (AvgIpc) is 3.28. The molecule has 1 amide bonds. The number of nitrogens with one attached hydrogen (secondary N) is 1. The maximum atomic E-state index is 13.2. The summed E-state index contributed by atoms with van der Waals surface area (Å²) in [6.07, 6.45) is 6.47. The van der Waals surface area contributed by atoms with Crippen LogP contribution in [-0.4, -0.2) is 81.8 Å². The molecule has 1 aliphatic heterocycles. The number of carbonyl (C=O) groups excluding carboxylic acids is 1. The number of sulfonamides is 1. The molecule has 1 aliphatic carbocycles. The molecule has 9 heteroatoms. The van der Waals surface area contributed by atoms with E-state index in [0.29, 0.717) is 24.4 Å². The number of methoxy groups -OCH3 is 1. The van der Waals surface area contributed by atoms with E-state index in [-0.39, 0.29) is 5.75 Å². The molecule has 2 aromatic carbocycles. The Balaban J connectivity index is 1.68. The van der Waals surface area contributed by atoms with Gasteiger partial charge in [0.05, 0.1) is 18.6 Å². The van der Waals surface area contributed by atoms with Crippen molar-refractivity contribution in [1.29, 1.82) is 0 Å². The predicted molar refractivity (Wildman–Crippen MR) is 161 cm³/mol. The second-order valence-electron chi connectivity index (χ2n) is 11.4. The van der Waals surface area contributed by atoms with Crippen LogP contribution in [0.3, 0.4) is 0 Å². The topological polar surface area (TPSA) is 83.9 Å². The lowest BCUT2D eigenvalue weighted by Crippen LogP contribution is -2.36. The molecule has 5 rings (SSSR count). The van der Waals surface area contributed by atoms with E-state index < -0.39 is 15.9 Å². The van der Waals surface area contributed by atoms with E-state index in [4.69, 9.17) is 4.74 Å². The minimum atomic E-state index is -3.73. The van der Waals surface area contributed by atoms with E-state index in [9.17, 15) is 13.2 Å². The summed E-state index contributed by atoms with van der Waals surface area (Å²) in [6, 6.07) is 14.0. The normalized spacial score (nSPS) is 20.5. The quantitative estimate of drug-likeness (QED) is 0.495. The van der Waals surface area contributed by atoms with Gasteiger partial charge in [-0.05, 0) is 93.3 Å². The zero-order chi connectivity index (χ0) is 28.3. The van der Waals surface area contributed by atoms with Gasteiger partial charge in [-0.2, -0.15) is 0 Å². The lowest BCUT2D eigenvalue weighted by Gasteiger charge is -2.25. The highest BCUT2D eigenvalue weighted by Gasteiger charge is 2.28. The Morgan fingerprint density at radius 1 is 0.825 bits per heavy atom. The zero-order valence-electron chi connectivity index (χ0n) is 24.0. The molecule has 8 nitrogen and oxygen atoms in total. The number of amides is 1. The highest BCUT2D eigenvalue weighted by molar-refractivity contribution is 7.90. The molecule has 216 valence electrons. The molecule has 40 heavy (non-hydrogen) atoms. The highest BCUT2D eigenvalue weighted by atomic mass is 32.2. The summed E-state index contributed by atoms with van der Waals surface area (Å²) in [5.41, 5.74) is 5.02. The predicted octanol–water partition coefficient (Wildman–Crippen LogP) is 4.69. The van der Waals surface area contributed by atoms with E-state index in [1.165, 1.54) is 30.5 Å². The van der Waals surface area contributed by atoms with E-state index in [0.717, 1.165) is 61.2 Å². The molecule has 1 aromatic heterocycles. The Morgan fingerprint density at radius 2 is 1.48 bits per heavy atom. The Bertz CT molecular complexity index is 1440. The Morgan fingerprint density at radius 3 is 2.17 bits per heavy atom. The number of carbonyl (C=O) groups is 1. The summed E-state index contributed by atoms with van der Waals surface area (Å²) in [4.78, 5) is 17.7. The SMILES string of the molecule is COc1ccc(-c2c(C3CCCCC3)c3ccc4cc3n2CCN(C)CCN(C)CCCS(=O)(=O)NC4=O)cc1. The largest absolute Gasteiger partial charge is 0.497 e. The van der Waals surface area contributed by atoms with Crippen molar-refractivity contribution in [3.63, 3.8) is 0 Å². The fourth-order valence-corrected chi connectivity index (χ4v) is 7.24. The first kappa shape index (κ1) is 28.6. The number of ether oxygens (including phenoxy) is 1. The molecule has 0 saturated heterocycles. The van der Waals surface area contributed by atoms with Gasteiger partial charge in [-0.15, -0.1) is 0 Å². The first-order chi connectivity index (χ1) is 19.3. The van der Waals surface area contributed by atoms with Gasteiger partial charge in [-0.3, -0.25) is 4.79 Å². The van der Waals surface area contributed by atoms with Crippen LogP contribution >= 0.6 is 0 Å². The number of fused-ring (bicyclic) bond motifs is 1. The molecule has 1 fully saturated rings. The fraction of sp³-hybridized carbons (Fsp3) is 0.516. The third kappa shape index (κ3) is 6.37. The number of nitrogens with zero attached hydrogens (tertiary/aromatic N) is 3. The van der Waals surface area contributed by atoms with Crippen LogP contribution in [0.15, 0.2) is 42.5 Å². The van der Waals surface area contributed by atoms with Gasteiger partial charge in [0.25, 0.3) is 5.91 Å². The second-order valence-corrected chi connectivity index (χ2v) is 13.3. The average molecular weight is 567 g/mol. The molecular weight excluding hydrogens is 524 g/mol. The van der Waals surface area contributed by atoms with Crippen LogP contribution in [0.1, 0.15) is 60.4 Å². The summed E-state index contributed by atoms with van der Waals surface area (Å²) in [7, 11) is 2.10. The fourth-order valence-electron chi connectivity index (χ4n) is 6.23. The van der Waals surface area contributed by atoms with Crippen molar-refractivity contribution >= 4 is 26.8 Å². The minimum absolute atomic E-state index is 0.0784. The van der Waals surface area contributed by atoms with Crippen LogP contribution in [0.5, 0.6) is 5.75 Å². The van der Waals surface area contributed by atoms with Crippen LogP contribution in [0.2, 0.25) is 0 Å². The molecule has 0 spiro atoms. The number of aromatic nitrogens is 1. The third-order valence-corrected chi connectivity index (χ3v) is 9.84. The van der Waals surface area contributed by atoms with Gasteiger partial charge in [0.2, 0.25) is 10.0 Å². The van der Waals surface area contributed by atoms with Crippen molar-refractivity contribution in [3.05, 3.63) is 53.6 Å². The summed E-state index contributed by atoms with van der Waals surface area (Å²) < 4.78 is 35.6. The van der Waals surface area contributed by atoms with Gasteiger partial charge in [0.15, 0.2) is 0 Å². The van der Waals surface area contributed by atoms with Gasteiger partial charge < -0.3 is 19.1 Å². The summed E-state index contributed by atoms with van der Waals surface area (Å²) in [5, 5.41) is 1.15. The number of likely N-dealkylation sites (N-methyl/N-ethyl adjacent to an activating group) is 2. The van der Waals surface area contributed by atoms with Crippen LogP contribution in [0, 0.1) is 0 Å². The lowest BCUT2D eigenvalue weighted by atomic mass is 9.81. The van der Waals surface area contributed by atoms with Gasteiger partial charge in [-0.25, -0.2) is 13.1 Å². The van der Waals surface area contributed by atoms with Crippen LogP contribution < -0.4 is 9.46 Å². The summed E-state index contributed by atoms with van der Waals surface area (Å²) in [6.45, 7) is 4.00. The Hall–Kier alpha value is -2.88. The van der Waals surface area contributed by atoms with Crippen molar-refractivity contribution in [2.45, 2.75) is 51.0 Å². The van der Waals surface area contributed by atoms with Crippen molar-refractivity contribution in [3.8, 4) is 17.0 Å². The maximum Gasteiger partial charge on any atom is 0.264 e. The number of hydrogen-bond donors (Lipinski definition) is 1. The van der Waals surface area contributed by atoms with Gasteiger partial charge >= 0.3 is 0 Å². The molecule has 2 aliphatic rings. The van der Waals surface area contributed by atoms with Crippen molar-refractivity contribution in [2.75, 3.05) is 53.1 Å². The number of hydrogen-bond acceptors (Lipinski definition) is 6. The smallest absolute Gasteiger partial charge is 0.264 e. The molecule has 1 N–H and O–H groups in total. The monoisotopic (exact) mass is 566 g/mol. The molecule has 0 unspecified atom stereocenters. The molecule has 0 radical (unpaired) electrons. The molecule has 0 atom stereocenters. The van der Waals surface area contributed by atoms with E-state index >= 15 is 0 Å². The van der Waals surface area contributed by atoms with Crippen LogP contribution in [-0.2, 0) is 16.6 Å². The number of benzene rings is 2. The highest BCUT2D eigenvalue weighted by Crippen LogP contribution is 2.44. The van der Waals surface area contributed by atoms with Gasteiger partial charge in [-0.1, -0.05) is 25.3 Å². The van der Waals surface area contributed by atoms with Crippen molar-refractivity contribution in [2.24, 2.45) is 0 Å². The molecular formula is C31H42N4O4S. The zero-order valence-corrected chi connectivity index (χ0v) is 24.8. The minimum Gasteiger partial charge on any atom is -0.497 e. The summed E-state index contributed by atoms with van der Waals surface area (Å²) in [5.74, 6) is 0.606. The molecule has 1 saturated carbocycles. The molecule has 3 aromatic rings. The van der Waals surface area contributed by atoms with E-state index in [1.807, 2.05) is 31.3 Å². The lowest BCUT2D eigenvalue weighted by molar-refractivity contribution is 0.0981. The number of rotatable bonds is 3. The first-order valence-corrected chi connectivity index (χ1v) is 16.1.